The van der Waals surface area contributed by atoms with Crippen LogP contribution in [0.5, 0.6) is 11.8 Å². The zero-order valence-corrected chi connectivity index (χ0v) is 11.4. The first-order chi connectivity index (χ1) is 9.10. The van der Waals surface area contributed by atoms with Gasteiger partial charge < -0.3 is 13.9 Å². The number of hydrogen-bond donors (Lipinski definition) is 0. The van der Waals surface area contributed by atoms with Gasteiger partial charge in [-0.15, -0.1) is 0 Å². The molecule has 2 aromatic rings. The van der Waals surface area contributed by atoms with Crippen molar-refractivity contribution in [3.05, 3.63) is 40.4 Å². The molecule has 0 spiro atoms. The molecule has 1 aromatic carbocycles. The van der Waals surface area contributed by atoms with Gasteiger partial charge >= 0.3 is 12.0 Å². The van der Waals surface area contributed by atoms with E-state index in [-0.39, 0.29) is 24.1 Å². The molecule has 0 saturated carbocycles. The van der Waals surface area contributed by atoms with E-state index in [0.29, 0.717) is 4.47 Å². The Hall–Kier alpha value is -1.89. The van der Waals surface area contributed by atoms with Crippen molar-refractivity contribution >= 4 is 21.9 Å². The minimum atomic E-state index is -0.629. The monoisotopic (exact) mass is 329 g/mol. The lowest BCUT2D eigenvalue weighted by molar-refractivity contribution is 0.0519. The normalized spacial score (nSPS) is 10.3. The second-order valence-electron chi connectivity index (χ2n) is 3.40. The van der Waals surface area contributed by atoms with Gasteiger partial charge in [-0.3, -0.25) is 0 Å². The maximum atomic E-state index is 13.4. The largest absolute Gasteiger partial charge is 0.461 e. The fourth-order valence-electron chi connectivity index (χ4n) is 1.25. The van der Waals surface area contributed by atoms with Crippen LogP contribution in [0.1, 0.15) is 17.4 Å². The summed E-state index contributed by atoms with van der Waals surface area (Å²) in [6.45, 7) is 1.90. The van der Waals surface area contributed by atoms with E-state index in [1.165, 1.54) is 18.2 Å². The average molecular weight is 330 g/mol. The van der Waals surface area contributed by atoms with Crippen LogP contribution in [-0.2, 0) is 4.74 Å². The summed E-state index contributed by atoms with van der Waals surface area (Å²) in [5.74, 6) is -1.26. The molecule has 0 aliphatic rings. The Morgan fingerprint density at radius 3 is 3.05 bits per heavy atom. The Kier molecular flexibility index (Phi) is 4.16. The maximum absolute atomic E-state index is 13.4. The smallest absolute Gasteiger partial charge is 0.400 e. The lowest BCUT2D eigenvalue weighted by atomic mass is 10.3. The third-order valence-electron chi connectivity index (χ3n) is 2.06. The SMILES string of the molecule is CCOC(=O)c1coc(Oc2cc(Br)ccc2F)n1. The van der Waals surface area contributed by atoms with Crippen molar-refractivity contribution in [1.29, 1.82) is 0 Å². The molecule has 0 aliphatic heterocycles. The molecule has 7 heteroatoms. The Labute approximate surface area is 116 Å². The molecule has 5 nitrogen and oxygen atoms in total. The summed E-state index contributed by atoms with van der Waals surface area (Å²) in [6, 6.07) is 4.18. The highest BCUT2D eigenvalue weighted by atomic mass is 79.9. The van der Waals surface area contributed by atoms with Crippen LogP contribution in [0.2, 0.25) is 0 Å². The molecule has 0 radical (unpaired) electrons. The number of aromatic nitrogens is 1. The van der Waals surface area contributed by atoms with Gasteiger partial charge in [0.2, 0.25) is 0 Å². The summed E-state index contributed by atoms with van der Waals surface area (Å²) < 4.78 is 28.8. The second-order valence-corrected chi connectivity index (χ2v) is 4.31. The molecule has 0 amide bonds. The number of benzene rings is 1. The first-order valence-electron chi connectivity index (χ1n) is 5.35. The molecule has 0 atom stereocenters. The van der Waals surface area contributed by atoms with E-state index in [4.69, 9.17) is 13.9 Å². The highest BCUT2D eigenvalue weighted by molar-refractivity contribution is 9.10. The summed E-state index contributed by atoms with van der Waals surface area (Å²) in [4.78, 5) is 15.1. The van der Waals surface area contributed by atoms with E-state index < -0.39 is 11.8 Å². The van der Waals surface area contributed by atoms with E-state index in [0.717, 1.165) is 6.26 Å². The number of esters is 1. The third-order valence-corrected chi connectivity index (χ3v) is 2.55. The molecule has 19 heavy (non-hydrogen) atoms. The zero-order valence-electron chi connectivity index (χ0n) is 9.85. The van der Waals surface area contributed by atoms with Crippen molar-refractivity contribution in [3.63, 3.8) is 0 Å². The van der Waals surface area contributed by atoms with Crippen molar-refractivity contribution in [2.24, 2.45) is 0 Å². The number of hydrogen-bond acceptors (Lipinski definition) is 5. The first kappa shape index (κ1) is 13.5. The highest BCUT2D eigenvalue weighted by Gasteiger charge is 2.15. The maximum Gasteiger partial charge on any atom is 0.400 e. The Balaban J connectivity index is 2.15. The van der Waals surface area contributed by atoms with E-state index in [9.17, 15) is 9.18 Å². The summed E-state index contributed by atoms with van der Waals surface area (Å²) in [7, 11) is 0. The number of rotatable bonds is 4. The van der Waals surface area contributed by atoms with Crippen molar-refractivity contribution < 1.29 is 23.1 Å². The molecule has 0 bridgehead atoms. The van der Waals surface area contributed by atoms with E-state index >= 15 is 0 Å². The van der Waals surface area contributed by atoms with Crippen molar-refractivity contribution in [2.75, 3.05) is 6.61 Å². The quantitative estimate of drug-likeness (QED) is 0.803. The summed E-state index contributed by atoms with van der Waals surface area (Å²) in [5.41, 5.74) is -0.0349. The number of carbonyl (C=O) groups is 1. The van der Waals surface area contributed by atoms with Crippen LogP contribution < -0.4 is 4.74 Å². The summed E-state index contributed by atoms with van der Waals surface area (Å²) >= 11 is 3.19. The van der Waals surface area contributed by atoms with Gasteiger partial charge in [-0.1, -0.05) is 15.9 Å². The lowest BCUT2D eigenvalue weighted by Gasteiger charge is -2.02. The fourth-order valence-corrected chi connectivity index (χ4v) is 1.59. The van der Waals surface area contributed by atoms with Gasteiger partial charge in [0, 0.05) is 4.47 Å². The third kappa shape index (κ3) is 3.31. The van der Waals surface area contributed by atoms with Crippen molar-refractivity contribution in [2.45, 2.75) is 6.92 Å². The van der Waals surface area contributed by atoms with E-state index in [1.807, 2.05) is 0 Å². The lowest BCUT2D eigenvalue weighted by Crippen LogP contribution is -2.04. The van der Waals surface area contributed by atoms with Crippen LogP contribution >= 0.6 is 15.9 Å². The highest BCUT2D eigenvalue weighted by Crippen LogP contribution is 2.27. The molecule has 1 aromatic heterocycles. The summed E-state index contributed by atoms with van der Waals surface area (Å²) in [5, 5.41) is 0. The Morgan fingerprint density at radius 2 is 2.32 bits per heavy atom. The van der Waals surface area contributed by atoms with Crippen LogP contribution in [0, 0.1) is 5.82 Å². The van der Waals surface area contributed by atoms with Gasteiger partial charge in [0.05, 0.1) is 6.61 Å². The molecule has 2 rings (SSSR count). The number of oxazole rings is 1. The predicted molar refractivity (Wildman–Crippen MR) is 66.6 cm³/mol. The minimum absolute atomic E-state index is 0.0349. The molecule has 0 saturated heterocycles. The Bertz CT molecular complexity index is 599. The van der Waals surface area contributed by atoms with E-state index in [1.54, 1.807) is 6.92 Å². The standard InChI is InChI=1S/C12H9BrFNO4/c1-2-17-11(16)9-6-18-12(15-9)19-10-5-7(13)3-4-8(10)14/h3-6H,2H2,1H3. The molecule has 100 valence electrons. The molecule has 0 fully saturated rings. The summed E-state index contributed by atoms with van der Waals surface area (Å²) in [6.07, 6.45) is 0.850. The molecule has 0 unspecified atom stereocenters. The van der Waals surface area contributed by atoms with E-state index in [2.05, 4.69) is 20.9 Å². The van der Waals surface area contributed by atoms with Crippen molar-refractivity contribution in [3.8, 4) is 11.8 Å². The van der Waals surface area contributed by atoms with Crippen molar-refractivity contribution in [1.82, 2.24) is 4.98 Å². The molecule has 1 heterocycles. The van der Waals surface area contributed by atoms with Gasteiger partial charge in [0.15, 0.2) is 17.3 Å². The number of ether oxygens (including phenoxy) is 2. The second kappa shape index (κ2) is 5.83. The van der Waals surface area contributed by atoms with Crippen LogP contribution in [0.25, 0.3) is 0 Å². The molecule has 0 aliphatic carbocycles. The average Bonchev–Trinajstić information content (AvgIpc) is 2.83. The van der Waals surface area contributed by atoms with Gasteiger partial charge in [0.1, 0.15) is 6.26 Å². The topological polar surface area (TPSA) is 61.6 Å². The molecule has 0 N–H and O–H groups in total. The van der Waals surface area contributed by atoms with Gasteiger partial charge in [-0.25, -0.2) is 9.18 Å². The number of halogens is 2. The number of nitrogens with zero attached hydrogens (tertiary/aromatic N) is 1. The predicted octanol–water partition coefficient (Wildman–Crippen LogP) is 3.55. The van der Waals surface area contributed by atoms with Gasteiger partial charge in [-0.2, -0.15) is 4.98 Å². The molecular formula is C12H9BrFNO4. The van der Waals surface area contributed by atoms with Gasteiger partial charge in [-0.05, 0) is 25.1 Å². The van der Waals surface area contributed by atoms with Crippen LogP contribution in [0.15, 0.2) is 33.4 Å². The van der Waals surface area contributed by atoms with Crippen LogP contribution in [0.4, 0.5) is 4.39 Å². The fraction of sp³-hybridized carbons (Fsp3) is 0.167. The molecular weight excluding hydrogens is 321 g/mol. The Morgan fingerprint density at radius 1 is 1.53 bits per heavy atom. The van der Waals surface area contributed by atoms with Crippen LogP contribution in [-0.4, -0.2) is 17.6 Å². The number of carbonyl (C=O) groups excluding carboxylic acids is 1. The van der Waals surface area contributed by atoms with Crippen LogP contribution in [0.3, 0.4) is 0 Å². The minimum Gasteiger partial charge on any atom is -0.461 e. The first-order valence-corrected chi connectivity index (χ1v) is 6.15. The van der Waals surface area contributed by atoms with Gasteiger partial charge in [0.25, 0.3) is 0 Å². The zero-order chi connectivity index (χ0) is 13.8.